The summed E-state index contributed by atoms with van der Waals surface area (Å²) < 4.78 is 5.16. The molecule has 0 saturated carbocycles. The van der Waals surface area contributed by atoms with E-state index in [1.165, 1.54) is 0 Å². The second-order valence-corrected chi connectivity index (χ2v) is 7.91. The number of methoxy groups -OCH3 is 1. The zero-order valence-corrected chi connectivity index (χ0v) is 17.8. The van der Waals surface area contributed by atoms with E-state index in [0.29, 0.717) is 24.3 Å². The number of amides is 2. The molecule has 0 atom stereocenters. The highest BCUT2D eigenvalue weighted by atomic mass is 16.5. The summed E-state index contributed by atoms with van der Waals surface area (Å²) in [6.45, 7) is 5.02. The van der Waals surface area contributed by atoms with E-state index in [9.17, 15) is 9.59 Å². The fourth-order valence-corrected chi connectivity index (χ4v) is 3.61. The first-order valence-electron chi connectivity index (χ1n) is 10.6. The van der Waals surface area contributed by atoms with E-state index in [1.54, 1.807) is 25.3 Å². The van der Waals surface area contributed by atoms with Crippen LogP contribution in [-0.4, -0.2) is 50.0 Å². The molecule has 2 N–H and O–H groups in total. The molecule has 1 fully saturated rings. The third-order valence-electron chi connectivity index (χ3n) is 5.55. The first kappa shape index (κ1) is 21.8. The minimum Gasteiger partial charge on any atom is -0.497 e. The maximum Gasteiger partial charge on any atom is 0.253 e. The number of rotatable bonds is 8. The van der Waals surface area contributed by atoms with Gasteiger partial charge in [-0.1, -0.05) is 31.2 Å². The van der Waals surface area contributed by atoms with Crippen LogP contribution in [0.15, 0.2) is 48.5 Å². The highest BCUT2D eigenvalue weighted by Gasteiger charge is 2.19. The van der Waals surface area contributed by atoms with E-state index in [1.807, 2.05) is 30.3 Å². The van der Waals surface area contributed by atoms with E-state index in [4.69, 9.17) is 4.74 Å². The van der Waals surface area contributed by atoms with Gasteiger partial charge in [0.1, 0.15) is 5.75 Å². The zero-order chi connectivity index (χ0) is 21.3. The molecule has 6 heteroatoms. The van der Waals surface area contributed by atoms with Crippen LogP contribution in [0.4, 0.5) is 5.69 Å². The topological polar surface area (TPSA) is 70.7 Å². The fourth-order valence-electron chi connectivity index (χ4n) is 3.61. The van der Waals surface area contributed by atoms with Crippen LogP contribution >= 0.6 is 0 Å². The van der Waals surface area contributed by atoms with Gasteiger partial charge in [0.2, 0.25) is 5.91 Å². The van der Waals surface area contributed by atoms with Crippen molar-refractivity contribution in [3.05, 3.63) is 59.7 Å². The Balaban J connectivity index is 1.51. The molecule has 0 aromatic heterocycles. The number of piperidine rings is 1. The number of ether oxygens (including phenoxy) is 1. The van der Waals surface area contributed by atoms with Crippen molar-refractivity contribution in [1.82, 2.24) is 10.2 Å². The number of carbonyl (C=O) groups is 2. The maximum absolute atomic E-state index is 12.7. The number of para-hydroxylation sites is 1. The van der Waals surface area contributed by atoms with Gasteiger partial charge in [0, 0.05) is 6.54 Å². The molecule has 0 radical (unpaired) electrons. The molecule has 1 aliphatic rings. The molecule has 0 bridgehead atoms. The number of hydrogen-bond acceptors (Lipinski definition) is 4. The molecule has 1 aliphatic heterocycles. The van der Waals surface area contributed by atoms with Crippen LogP contribution in [0.5, 0.6) is 5.75 Å². The maximum atomic E-state index is 12.7. The lowest BCUT2D eigenvalue weighted by Gasteiger charge is -2.29. The number of nitrogens with zero attached hydrogens (tertiary/aromatic N) is 1. The normalized spacial score (nSPS) is 14.9. The highest BCUT2D eigenvalue weighted by Crippen LogP contribution is 2.18. The lowest BCUT2D eigenvalue weighted by molar-refractivity contribution is -0.117. The van der Waals surface area contributed by atoms with Crippen molar-refractivity contribution in [2.45, 2.75) is 26.2 Å². The van der Waals surface area contributed by atoms with Crippen LogP contribution in [0, 0.1) is 5.92 Å². The Hall–Kier alpha value is -2.86. The van der Waals surface area contributed by atoms with Gasteiger partial charge in [-0.2, -0.15) is 0 Å². The summed E-state index contributed by atoms with van der Waals surface area (Å²) >= 11 is 0. The molecule has 2 aromatic rings. The first-order chi connectivity index (χ1) is 14.5. The number of hydrogen-bond donors (Lipinski definition) is 2. The largest absolute Gasteiger partial charge is 0.497 e. The number of carbonyl (C=O) groups excluding carboxylic acids is 2. The highest BCUT2D eigenvalue weighted by molar-refractivity contribution is 6.04. The summed E-state index contributed by atoms with van der Waals surface area (Å²) in [5.74, 6) is 1.27. The van der Waals surface area contributed by atoms with Gasteiger partial charge in [0.05, 0.1) is 24.9 Å². The van der Waals surface area contributed by atoms with Gasteiger partial charge in [-0.25, -0.2) is 0 Å². The summed E-state index contributed by atoms with van der Waals surface area (Å²) in [6, 6.07) is 14.9. The molecular formula is C24H31N3O3. The van der Waals surface area contributed by atoms with Gasteiger partial charge in [-0.3, -0.25) is 14.5 Å². The fraction of sp³-hybridized carbons (Fsp3) is 0.417. The van der Waals surface area contributed by atoms with E-state index in [2.05, 4.69) is 22.5 Å². The van der Waals surface area contributed by atoms with E-state index in [-0.39, 0.29) is 11.8 Å². The summed E-state index contributed by atoms with van der Waals surface area (Å²) in [7, 11) is 1.64. The van der Waals surface area contributed by atoms with Crippen LogP contribution in [0.25, 0.3) is 0 Å². The number of likely N-dealkylation sites (tertiary alicyclic amines) is 1. The number of anilines is 1. The quantitative estimate of drug-likeness (QED) is 0.702. The number of benzene rings is 2. The molecule has 3 rings (SSSR count). The van der Waals surface area contributed by atoms with Gasteiger partial charge in [0.25, 0.3) is 5.91 Å². The van der Waals surface area contributed by atoms with Gasteiger partial charge < -0.3 is 15.4 Å². The minimum atomic E-state index is -0.189. The third kappa shape index (κ3) is 6.32. The van der Waals surface area contributed by atoms with Crippen molar-refractivity contribution >= 4 is 17.5 Å². The van der Waals surface area contributed by atoms with Crippen molar-refractivity contribution in [3.8, 4) is 5.75 Å². The molecule has 30 heavy (non-hydrogen) atoms. The van der Waals surface area contributed by atoms with E-state index >= 15 is 0 Å². The Morgan fingerprint density at radius 3 is 2.47 bits per heavy atom. The molecule has 2 aromatic carbocycles. The average molecular weight is 410 g/mol. The molecule has 6 nitrogen and oxygen atoms in total. The zero-order valence-electron chi connectivity index (χ0n) is 17.8. The SMILES string of the molecule is COc1ccc(CCNC(=O)c2ccccc2NC(=O)CN2CCC(C)CC2)cc1. The standard InChI is InChI=1S/C24H31N3O3/c1-18-12-15-27(16-13-18)17-23(28)26-22-6-4-3-5-21(22)24(29)25-14-11-19-7-9-20(30-2)10-8-19/h3-10,18H,11-17H2,1-2H3,(H,25,29)(H,26,28). The van der Waals surface area contributed by atoms with Crippen molar-refractivity contribution in [2.24, 2.45) is 5.92 Å². The smallest absolute Gasteiger partial charge is 0.253 e. The van der Waals surface area contributed by atoms with Crippen LogP contribution in [0.3, 0.4) is 0 Å². The van der Waals surface area contributed by atoms with Crippen molar-refractivity contribution in [3.63, 3.8) is 0 Å². The Kier molecular flexibility index (Phi) is 7.85. The van der Waals surface area contributed by atoms with Gasteiger partial charge in [-0.15, -0.1) is 0 Å². The van der Waals surface area contributed by atoms with Crippen molar-refractivity contribution in [2.75, 3.05) is 38.6 Å². The molecule has 1 saturated heterocycles. The lowest BCUT2D eigenvalue weighted by atomic mass is 9.99. The first-order valence-corrected chi connectivity index (χ1v) is 10.6. The van der Waals surface area contributed by atoms with Crippen molar-refractivity contribution < 1.29 is 14.3 Å². The predicted octanol–water partition coefficient (Wildman–Crippen LogP) is 3.34. The average Bonchev–Trinajstić information content (AvgIpc) is 2.76. The Bertz CT molecular complexity index is 843. The van der Waals surface area contributed by atoms with Crippen LogP contribution in [-0.2, 0) is 11.2 Å². The molecule has 0 aliphatic carbocycles. The molecule has 160 valence electrons. The summed E-state index contributed by atoms with van der Waals surface area (Å²) in [4.78, 5) is 27.3. The molecular weight excluding hydrogens is 378 g/mol. The Morgan fingerprint density at radius 1 is 1.07 bits per heavy atom. The second kappa shape index (κ2) is 10.8. The van der Waals surface area contributed by atoms with Crippen molar-refractivity contribution in [1.29, 1.82) is 0 Å². The van der Waals surface area contributed by atoms with Crippen LogP contribution in [0.1, 0.15) is 35.7 Å². The Labute approximate surface area is 178 Å². The molecule has 2 amide bonds. The van der Waals surface area contributed by atoms with Crippen LogP contribution < -0.4 is 15.4 Å². The molecule has 0 spiro atoms. The summed E-state index contributed by atoms with van der Waals surface area (Å²) in [6.07, 6.45) is 2.97. The number of nitrogens with one attached hydrogen (secondary N) is 2. The lowest BCUT2D eigenvalue weighted by Crippen LogP contribution is -2.39. The third-order valence-corrected chi connectivity index (χ3v) is 5.55. The molecule has 0 unspecified atom stereocenters. The predicted molar refractivity (Wildman–Crippen MR) is 119 cm³/mol. The summed E-state index contributed by atoms with van der Waals surface area (Å²) in [5, 5.41) is 5.86. The minimum absolute atomic E-state index is 0.0805. The Morgan fingerprint density at radius 2 is 1.77 bits per heavy atom. The monoisotopic (exact) mass is 409 g/mol. The van der Waals surface area contributed by atoms with E-state index in [0.717, 1.165) is 49.6 Å². The van der Waals surface area contributed by atoms with Crippen LogP contribution in [0.2, 0.25) is 0 Å². The van der Waals surface area contributed by atoms with Gasteiger partial charge in [-0.05, 0) is 68.1 Å². The van der Waals surface area contributed by atoms with E-state index < -0.39 is 0 Å². The van der Waals surface area contributed by atoms with Gasteiger partial charge in [0.15, 0.2) is 0 Å². The second-order valence-electron chi connectivity index (χ2n) is 7.91. The summed E-state index contributed by atoms with van der Waals surface area (Å²) in [5.41, 5.74) is 2.15. The molecule has 1 heterocycles. The van der Waals surface area contributed by atoms with Gasteiger partial charge >= 0.3 is 0 Å².